The minimum atomic E-state index is -0.445. The van der Waals surface area contributed by atoms with Crippen molar-refractivity contribution < 1.29 is 14.4 Å². The molecule has 0 fully saturated rings. The first-order valence-corrected chi connectivity index (χ1v) is 12.3. The van der Waals surface area contributed by atoms with Gasteiger partial charge < -0.3 is 10.6 Å². The fourth-order valence-corrected chi connectivity index (χ4v) is 5.04. The zero-order chi connectivity index (χ0) is 25.5. The van der Waals surface area contributed by atoms with Gasteiger partial charge in [0.05, 0.1) is 17.8 Å². The number of nitrogens with one attached hydrogen (secondary N) is 2. The Bertz CT molecular complexity index is 1710. The number of carbonyl (C=O) groups is 3. The molecule has 1 aliphatic carbocycles. The van der Waals surface area contributed by atoms with E-state index in [4.69, 9.17) is 0 Å². The molecule has 5 aromatic rings. The van der Waals surface area contributed by atoms with Crippen LogP contribution in [-0.2, 0) is 13.0 Å². The second kappa shape index (κ2) is 9.13. The SMILES string of the molecule is CC(=O)c1ccc2c(c1)CC[C@@H]2NC(=O)c1cc(C(=O)NCc2ccc3nsnc3c2)nc2ncnn12. The predicted molar refractivity (Wildman–Crippen MR) is 134 cm³/mol. The molecule has 1 atom stereocenters. The summed E-state index contributed by atoms with van der Waals surface area (Å²) in [4.78, 5) is 46.3. The molecule has 3 heterocycles. The maximum absolute atomic E-state index is 13.3. The molecule has 3 aromatic heterocycles. The number of hydrogen-bond donors (Lipinski definition) is 2. The summed E-state index contributed by atoms with van der Waals surface area (Å²) in [5.41, 5.74) is 5.32. The summed E-state index contributed by atoms with van der Waals surface area (Å²) in [5.74, 6) is -0.696. The van der Waals surface area contributed by atoms with E-state index in [1.807, 2.05) is 30.3 Å². The summed E-state index contributed by atoms with van der Waals surface area (Å²) in [6.07, 6.45) is 2.75. The largest absolute Gasteiger partial charge is 0.347 e. The number of benzene rings is 2. The molecule has 184 valence electrons. The Morgan fingerprint density at radius 2 is 1.92 bits per heavy atom. The van der Waals surface area contributed by atoms with Gasteiger partial charge in [-0.3, -0.25) is 14.4 Å². The van der Waals surface area contributed by atoms with Crippen molar-refractivity contribution in [3.8, 4) is 0 Å². The molecule has 0 spiro atoms. The maximum Gasteiger partial charge on any atom is 0.270 e. The fraction of sp³-hybridized carbons (Fsp3) is 0.200. The van der Waals surface area contributed by atoms with Gasteiger partial charge in [-0.1, -0.05) is 18.2 Å². The van der Waals surface area contributed by atoms with Gasteiger partial charge >= 0.3 is 0 Å². The number of nitrogens with zero attached hydrogens (tertiary/aromatic N) is 6. The highest BCUT2D eigenvalue weighted by Gasteiger charge is 2.27. The molecule has 0 bridgehead atoms. The van der Waals surface area contributed by atoms with E-state index in [-0.39, 0.29) is 35.5 Å². The quantitative estimate of drug-likeness (QED) is 0.331. The Morgan fingerprint density at radius 3 is 2.78 bits per heavy atom. The molecule has 11 nitrogen and oxygen atoms in total. The molecule has 12 heteroatoms. The first kappa shape index (κ1) is 22.9. The van der Waals surface area contributed by atoms with Gasteiger partial charge in [-0.05, 0) is 54.7 Å². The first-order chi connectivity index (χ1) is 18.0. The van der Waals surface area contributed by atoms with Crippen molar-refractivity contribution in [2.24, 2.45) is 0 Å². The van der Waals surface area contributed by atoms with E-state index >= 15 is 0 Å². The third-order valence-corrected chi connectivity index (χ3v) is 6.98. The molecule has 1 aliphatic rings. The number of amides is 2. The molecule has 2 N–H and O–H groups in total. The number of Topliss-reactive ketones (excluding diaryl/α,β-unsaturated/α-hetero) is 1. The van der Waals surface area contributed by atoms with Crippen molar-refractivity contribution in [2.45, 2.75) is 32.4 Å². The summed E-state index contributed by atoms with van der Waals surface area (Å²) >= 11 is 1.13. The highest BCUT2D eigenvalue weighted by atomic mass is 32.1. The number of fused-ring (bicyclic) bond motifs is 3. The molecule has 0 saturated heterocycles. The van der Waals surface area contributed by atoms with Gasteiger partial charge in [-0.15, -0.1) is 0 Å². The van der Waals surface area contributed by atoms with E-state index in [9.17, 15) is 14.4 Å². The van der Waals surface area contributed by atoms with Crippen LogP contribution in [-0.4, -0.2) is 45.9 Å². The van der Waals surface area contributed by atoms with Gasteiger partial charge in [0.2, 0.25) is 0 Å². The van der Waals surface area contributed by atoms with Gasteiger partial charge in [0.25, 0.3) is 17.6 Å². The molecule has 2 amide bonds. The lowest BCUT2D eigenvalue weighted by molar-refractivity contribution is 0.0927. The smallest absolute Gasteiger partial charge is 0.270 e. The van der Waals surface area contributed by atoms with Gasteiger partial charge in [0, 0.05) is 18.2 Å². The summed E-state index contributed by atoms with van der Waals surface area (Å²) in [7, 11) is 0. The van der Waals surface area contributed by atoms with Crippen LogP contribution in [0.2, 0.25) is 0 Å². The van der Waals surface area contributed by atoms with E-state index in [0.29, 0.717) is 12.0 Å². The molecule has 6 rings (SSSR count). The zero-order valence-electron chi connectivity index (χ0n) is 19.6. The van der Waals surface area contributed by atoms with E-state index in [1.165, 1.54) is 23.8 Å². The van der Waals surface area contributed by atoms with Crippen molar-refractivity contribution in [3.05, 3.63) is 82.4 Å². The zero-order valence-corrected chi connectivity index (χ0v) is 20.5. The molecule has 0 radical (unpaired) electrons. The van der Waals surface area contributed by atoms with E-state index < -0.39 is 11.8 Å². The standard InChI is InChI=1S/C25H20N8O3S/c1-13(34)15-3-5-17-16(9-15)4-7-18(17)29-24(36)22-10-21(30-25-27-12-28-33(22)25)23(35)26-11-14-2-6-19-20(8-14)32-37-31-19/h2-3,5-6,8-10,12,18H,4,7,11H2,1H3,(H,26,35)(H,29,36)/t18-/m0/s1. The lowest BCUT2D eigenvalue weighted by atomic mass is 10.0. The van der Waals surface area contributed by atoms with Crippen LogP contribution >= 0.6 is 11.7 Å². The third-order valence-electron chi connectivity index (χ3n) is 6.42. The van der Waals surface area contributed by atoms with E-state index in [0.717, 1.165) is 45.9 Å². The second-order valence-electron chi connectivity index (χ2n) is 8.80. The summed E-state index contributed by atoms with van der Waals surface area (Å²) < 4.78 is 9.71. The number of hydrogen-bond acceptors (Lipinski definition) is 9. The van der Waals surface area contributed by atoms with Crippen molar-refractivity contribution in [1.82, 2.24) is 39.0 Å². The number of carbonyl (C=O) groups excluding carboxylic acids is 3. The van der Waals surface area contributed by atoms with Gasteiger partial charge in [-0.25, -0.2) is 4.98 Å². The van der Waals surface area contributed by atoms with E-state index in [2.05, 4.69) is 34.4 Å². The van der Waals surface area contributed by atoms with Crippen molar-refractivity contribution >= 4 is 46.1 Å². The summed E-state index contributed by atoms with van der Waals surface area (Å²) in [6.45, 7) is 1.79. The Morgan fingerprint density at radius 1 is 1.05 bits per heavy atom. The second-order valence-corrected chi connectivity index (χ2v) is 9.33. The van der Waals surface area contributed by atoms with Gasteiger partial charge in [0.1, 0.15) is 28.7 Å². The number of aromatic nitrogens is 6. The van der Waals surface area contributed by atoms with E-state index in [1.54, 1.807) is 6.07 Å². The summed E-state index contributed by atoms with van der Waals surface area (Å²) in [5, 5.41) is 9.98. The van der Waals surface area contributed by atoms with Crippen LogP contribution in [0.3, 0.4) is 0 Å². The Hall–Kier alpha value is -4.58. The van der Waals surface area contributed by atoms with Crippen molar-refractivity contribution in [2.75, 3.05) is 0 Å². The van der Waals surface area contributed by atoms with Crippen LogP contribution in [0.4, 0.5) is 0 Å². The van der Waals surface area contributed by atoms with Gasteiger partial charge in [0.15, 0.2) is 5.78 Å². The Balaban J connectivity index is 1.22. The molecular weight excluding hydrogens is 492 g/mol. The number of rotatable bonds is 6. The normalized spacial score (nSPS) is 14.6. The molecule has 0 aliphatic heterocycles. The molecule has 2 aromatic carbocycles. The molecule has 37 heavy (non-hydrogen) atoms. The Kier molecular flexibility index (Phi) is 5.64. The first-order valence-electron chi connectivity index (χ1n) is 11.6. The van der Waals surface area contributed by atoms with Crippen LogP contribution in [0.1, 0.15) is 67.4 Å². The van der Waals surface area contributed by atoms with Crippen LogP contribution in [0.5, 0.6) is 0 Å². The monoisotopic (exact) mass is 512 g/mol. The predicted octanol–water partition coefficient (Wildman–Crippen LogP) is 2.68. The third kappa shape index (κ3) is 4.31. The topological polar surface area (TPSA) is 144 Å². The van der Waals surface area contributed by atoms with Crippen molar-refractivity contribution in [1.29, 1.82) is 0 Å². The van der Waals surface area contributed by atoms with Crippen LogP contribution in [0.25, 0.3) is 16.8 Å². The van der Waals surface area contributed by atoms with Crippen LogP contribution < -0.4 is 10.6 Å². The van der Waals surface area contributed by atoms with Gasteiger partial charge in [-0.2, -0.15) is 23.3 Å². The molecule has 0 unspecified atom stereocenters. The lowest BCUT2D eigenvalue weighted by Crippen LogP contribution is -2.30. The Labute approximate surface area is 214 Å². The summed E-state index contributed by atoms with van der Waals surface area (Å²) in [6, 6.07) is 12.3. The number of aryl methyl sites for hydroxylation is 1. The van der Waals surface area contributed by atoms with Crippen molar-refractivity contribution in [3.63, 3.8) is 0 Å². The molecular formula is C25H20N8O3S. The minimum Gasteiger partial charge on any atom is -0.347 e. The van der Waals surface area contributed by atoms with Crippen LogP contribution in [0.15, 0.2) is 48.8 Å². The minimum absolute atomic E-state index is 0.00661. The average Bonchev–Trinajstić information content (AvgIpc) is 3.65. The maximum atomic E-state index is 13.3. The highest BCUT2D eigenvalue weighted by Crippen LogP contribution is 2.32. The van der Waals surface area contributed by atoms with Crippen LogP contribution in [0, 0.1) is 0 Å². The average molecular weight is 513 g/mol. The molecule has 0 saturated carbocycles. The number of ketones is 1. The fourth-order valence-electron chi connectivity index (χ4n) is 4.52. The lowest BCUT2D eigenvalue weighted by Gasteiger charge is -2.15. The highest BCUT2D eigenvalue weighted by molar-refractivity contribution is 7.00.